The topological polar surface area (TPSA) is 67.9 Å². The number of carbonyl (C=O) groups is 1. The van der Waals surface area contributed by atoms with E-state index >= 15 is 0 Å². The molecule has 82 valence electrons. The van der Waals surface area contributed by atoms with E-state index in [1.54, 1.807) is 12.4 Å². The molecule has 0 saturated heterocycles. The van der Waals surface area contributed by atoms with Gasteiger partial charge in [-0.1, -0.05) is 0 Å². The van der Waals surface area contributed by atoms with Gasteiger partial charge in [0.05, 0.1) is 7.11 Å². The summed E-state index contributed by atoms with van der Waals surface area (Å²) in [5.74, 6) is 0.327. The summed E-state index contributed by atoms with van der Waals surface area (Å²) in [6.07, 6.45) is 5.08. The zero-order valence-electron chi connectivity index (χ0n) is 8.86. The number of nitrogens with one attached hydrogen (secondary N) is 1. The van der Waals surface area contributed by atoms with Gasteiger partial charge in [-0.05, 0) is 18.9 Å². The van der Waals surface area contributed by atoms with Crippen molar-refractivity contribution >= 4 is 17.0 Å². The first kappa shape index (κ1) is 9.33. The van der Waals surface area contributed by atoms with E-state index in [2.05, 4.69) is 15.0 Å². The van der Waals surface area contributed by atoms with Crippen LogP contribution in [0.3, 0.4) is 0 Å². The molecule has 0 unspecified atom stereocenters. The van der Waals surface area contributed by atoms with E-state index in [1.807, 2.05) is 6.07 Å². The third-order valence-electron chi connectivity index (χ3n) is 3.05. The highest BCUT2D eigenvalue weighted by Gasteiger charge is 2.55. The van der Waals surface area contributed by atoms with E-state index in [1.165, 1.54) is 7.11 Å². The number of esters is 1. The molecule has 2 heterocycles. The molecule has 5 nitrogen and oxygen atoms in total. The Morgan fingerprint density at radius 3 is 3.06 bits per heavy atom. The molecule has 1 aliphatic rings. The quantitative estimate of drug-likeness (QED) is 0.766. The van der Waals surface area contributed by atoms with E-state index in [-0.39, 0.29) is 5.97 Å². The van der Waals surface area contributed by atoms with Gasteiger partial charge in [0.25, 0.3) is 0 Å². The first-order valence-electron chi connectivity index (χ1n) is 5.15. The molecule has 0 aliphatic heterocycles. The Labute approximate surface area is 91.9 Å². The molecule has 2 aromatic rings. The van der Waals surface area contributed by atoms with Gasteiger partial charge < -0.3 is 9.72 Å². The highest BCUT2D eigenvalue weighted by molar-refractivity contribution is 5.86. The lowest BCUT2D eigenvalue weighted by Gasteiger charge is -2.10. The van der Waals surface area contributed by atoms with Crippen LogP contribution in [0.25, 0.3) is 11.0 Å². The molecule has 0 atom stereocenters. The fraction of sp³-hybridized carbons (Fsp3) is 0.364. The van der Waals surface area contributed by atoms with Crippen molar-refractivity contribution in [3.63, 3.8) is 0 Å². The molecule has 3 rings (SSSR count). The SMILES string of the molecule is COC(=O)C1(c2ncc3cc[nH]c3n2)CC1. The molecular formula is C11H11N3O2. The Morgan fingerprint density at radius 2 is 2.38 bits per heavy atom. The van der Waals surface area contributed by atoms with Crippen LogP contribution in [-0.2, 0) is 14.9 Å². The minimum Gasteiger partial charge on any atom is -0.468 e. The molecule has 1 N–H and O–H groups in total. The zero-order valence-corrected chi connectivity index (χ0v) is 8.86. The van der Waals surface area contributed by atoms with Crippen LogP contribution in [0.1, 0.15) is 18.7 Å². The number of methoxy groups -OCH3 is 1. The van der Waals surface area contributed by atoms with Crippen LogP contribution < -0.4 is 0 Å². The van der Waals surface area contributed by atoms with E-state index in [0.717, 1.165) is 23.9 Å². The Kier molecular flexibility index (Phi) is 1.77. The van der Waals surface area contributed by atoms with Crippen molar-refractivity contribution in [1.82, 2.24) is 15.0 Å². The molecule has 0 radical (unpaired) electrons. The van der Waals surface area contributed by atoms with Gasteiger partial charge in [-0.2, -0.15) is 0 Å². The largest absolute Gasteiger partial charge is 0.468 e. The summed E-state index contributed by atoms with van der Waals surface area (Å²) in [5, 5.41) is 0.949. The van der Waals surface area contributed by atoms with Crippen LogP contribution in [0.4, 0.5) is 0 Å². The average Bonchev–Trinajstić information content (AvgIpc) is 3.00. The summed E-state index contributed by atoms with van der Waals surface area (Å²) in [4.78, 5) is 23.3. The third-order valence-corrected chi connectivity index (χ3v) is 3.05. The lowest BCUT2D eigenvalue weighted by Crippen LogP contribution is -2.24. The number of hydrogen-bond acceptors (Lipinski definition) is 4. The highest BCUT2D eigenvalue weighted by Crippen LogP contribution is 2.47. The second-order valence-electron chi connectivity index (χ2n) is 4.05. The van der Waals surface area contributed by atoms with E-state index in [9.17, 15) is 4.79 Å². The lowest BCUT2D eigenvalue weighted by molar-refractivity contribution is -0.143. The van der Waals surface area contributed by atoms with E-state index < -0.39 is 5.41 Å². The number of aromatic amines is 1. The van der Waals surface area contributed by atoms with Crippen molar-refractivity contribution in [2.24, 2.45) is 0 Å². The highest BCUT2D eigenvalue weighted by atomic mass is 16.5. The van der Waals surface area contributed by atoms with Crippen LogP contribution in [-0.4, -0.2) is 28.0 Å². The molecule has 16 heavy (non-hydrogen) atoms. The lowest BCUT2D eigenvalue weighted by atomic mass is 10.1. The number of fused-ring (bicyclic) bond motifs is 1. The van der Waals surface area contributed by atoms with Crippen molar-refractivity contribution in [1.29, 1.82) is 0 Å². The number of rotatable bonds is 2. The Balaban J connectivity index is 2.09. The van der Waals surface area contributed by atoms with Crippen LogP contribution in [0, 0.1) is 0 Å². The number of ether oxygens (including phenoxy) is 1. The van der Waals surface area contributed by atoms with Gasteiger partial charge in [-0.15, -0.1) is 0 Å². The summed E-state index contributed by atoms with van der Waals surface area (Å²) in [7, 11) is 1.40. The molecule has 0 bridgehead atoms. The third kappa shape index (κ3) is 1.14. The molecular weight excluding hydrogens is 206 g/mol. The molecule has 1 fully saturated rings. The minimum atomic E-state index is -0.589. The van der Waals surface area contributed by atoms with Crippen LogP contribution in [0.5, 0.6) is 0 Å². The molecule has 0 amide bonds. The van der Waals surface area contributed by atoms with Gasteiger partial charge >= 0.3 is 5.97 Å². The summed E-state index contributed by atoms with van der Waals surface area (Å²) in [6, 6.07) is 1.90. The first-order valence-corrected chi connectivity index (χ1v) is 5.15. The van der Waals surface area contributed by atoms with Crippen molar-refractivity contribution in [2.45, 2.75) is 18.3 Å². The smallest absolute Gasteiger partial charge is 0.319 e. The van der Waals surface area contributed by atoms with Crippen molar-refractivity contribution in [3.8, 4) is 0 Å². The van der Waals surface area contributed by atoms with Gasteiger partial charge in [0.2, 0.25) is 0 Å². The van der Waals surface area contributed by atoms with Gasteiger partial charge in [-0.3, -0.25) is 4.79 Å². The molecule has 2 aromatic heterocycles. The van der Waals surface area contributed by atoms with Crippen molar-refractivity contribution in [2.75, 3.05) is 7.11 Å². The number of hydrogen-bond donors (Lipinski definition) is 1. The van der Waals surface area contributed by atoms with Crippen molar-refractivity contribution in [3.05, 3.63) is 24.3 Å². The van der Waals surface area contributed by atoms with Crippen LogP contribution in [0.2, 0.25) is 0 Å². The predicted octanol–water partition coefficient (Wildman–Crippen LogP) is 1.16. The fourth-order valence-electron chi connectivity index (χ4n) is 1.91. The second kappa shape index (κ2) is 3.04. The Morgan fingerprint density at radius 1 is 1.56 bits per heavy atom. The van der Waals surface area contributed by atoms with Crippen LogP contribution in [0.15, 0.2) is 18.5 Å². The second-order valence-corrected chi connectivity index (χ2v) is 4.05. The number of carbonyl (C=O) groups excluding carboxylic acids is 1. The molecule has 0 aromatic carbocycles. The minimum absolute atomic E-state index is 0.238. The summed E-state index contributed by atoms with van der Waals surface area (Å²) < 4.78 is 4.80. The van der Waals surface area contributed by atoms with Crippen LogP contribution >= 0.6 is 0 Å². The maximum Gasteiger partial charge on any atom is 0.319 e. The van der Waals surface area contributed by atoms with Gasteiger partial charge in [-0.25, -0.2) is 9.97 Å². The van der Waals surface area contributed by atoms with Gasteiger partial charge in [0.1, 0.15) is 16.9 Å². The summed E-state index contributed by atoms with van der Waals surface area (Å²) in [6.45, 7) is 0. The molecule has 0 spiro atoms. The van der Waals surface area contributed by atoms with Gasteiger partial charge in [0, 0.05) is 17.8 Å². The molecule has 1 saturated carbocycles. The maximum absolute atomic E-state index is 11.7. The van der Waals surface area contributed by atoms with E-state index in [0.29, 0.717) is 5.82 Å². The maximum atomic E-state index is 11.7. The normalized spacial score (nSPS) is 17.3. The van der Waals surface area contributed by atoms with E-state index in [4.69, 9.17) is 4.74 Å². The monoisotopic (exact) mass is 217 g/mol. The Hall–Kier alpha value is -1.91. The zero-order chi connectivity index (χ0) is 11.2. The Bertz CT molecular complexity index is 557. The average molecular weight is 217 g/mol. The standard InChI is InChI=1S/C11H11N3O2/c1-16-10(15)11(3-4-11)9-13-6-7-2-5-12-8(7)14-9/h2,5-6H,3-4H2,1H3,(H,12,13,14). The van der Waals surface area contributed by atoms with Crippen molar-refractivity contribution < 1.29 is 9.53 Å². The first-order chi connectivity index (χ1) is 7.76. The van der Waals surface area contributed by atoms with Gasteiger partial charge in [0.15, 0.2) is 0 Å². The summed E-state index contributed by atoms with van der Waals surface area (Å²) >= 11 is 0. The molecule has 1 aliphatic carbocycles. The number of H-pyrrole nitrogens is 1. The number of nitrogens with zero attached hydrogens (tertiary/aromatic N) is 2. The fourth-order valence-corrected chi connectivity index (χ4v) is 1.91. The number of aromatic nitrogens is 3. The predicted molar refractivity (Wildman–Crippen MR) is 56.8 cm³/mol. The molecule has 5 heteroatoms. The summed E-state index contributed by atoms with van der Waals surface area (Å²) in [5.41, 5.74) is 0.175.